The number of rotatable bonds is 5. The SMILES string of the molecule is O=S(=O)(NCC1CCCCC1CBr)C1CCCCC1. The molecule has 0 heterocycles. The molecule has 2 rings (SSSR count). The van der Waals surface area contributed by atoms with Crippen LogP contribution in [-0.4, -0.2) is 25.5 Å². The van der Waals surface area contributed by atoms with Crippen LogP contribution >= 0.6 is 15.9 Å². The standard InChI is InChI=1S/C14H26BrNO2S/c15-10-12-6-4-5-7-13(12)11-16-19(17,18)14-8-2-1-3-9-14/h12-14,16H,1-11H2. The van der Waals surface area contributed by atoms with Crippen LogP contribution in [0.25, 0.3) is 0 Å². The number of sulfonamides is 1. The van der Waals surface area contributed by atoms with Gasteiger partial charge in [0, 0.05) is 11.9 Å². The zero-order valence-corrected chi connectivity index (χ0v) is 14.0. The van der Waals surface area contributed by atoms with Crippen molar-refractivity contribution in [3.05, 3.63) is 0 Å². The molecule has 5 heteroatoms. The Bertz CT molecular complexity index is 366. The molecule has 0 aromatic heterocycles. The van der Waals surface area contributed by atoms with Crippen LogP contribution < -0.4 is 4.72 Å². The molecule has 2 aliphatic carbocycles. The molecule has 1 N–H and O–H groups in total. The third kappa shape index (κ3) is 4.43. The highest BCUT2D eigenvalue weighted by molar-refractivity contribution is 9.09. The molecule has 2 atom stereocenters. The lowest BCUT2D eigenvalue weighted by Crippen LogP contribution is -2.40. The maximum Gasteiger partial charge on any atom is 0.214 e. The largest absolute Gasteiger partial charge is 0.215 e. The molecule has 2 saturated carbocycles. The van der Waals surface area contributed by atoms with Crippen molar-refractivity contribution in [3.8, 4) is 0 Å². The minimum absolute atomic E-state index is 0.132. The van der Waals surface area contributed by atoms with Gasteiger partial charge in [-0.3, -0.25) is 0 Å². The lowest BCUT2D eigenvalue weighted by molar-refractivity contribution is 0.263. The van der Waals surface area contributed by atoms with Crippen molar-refractivity contribution in [1.29, 1.82) is 0 Å². The summed E-state index contributed by atoms with van der Waals surface area (Å²) >= 11 is 3.57. The summed E-state index contributed by atoms with van der Waals surface area (Å²) < 4.78 is 27.5. The van der Waals surface area contributed by atoms with Gasteiger partial charge in [-0.1, -0.05) is 48.0 Å². The molecule has 0 aliphatic heterocycles. The fourth-order valence-corrected chi connectivity index (χ4v) is 5.96. The smallest absolute Gasteiger partial charge is 0.214 e. The molecule has 112 valence electrons. The first-order valence-electron chi connectivity index (χ1n) is 7.68. The fourth-order valence-electron chi connectivity index (χ4n) is 3.47. The summed E-state index contributed by atoms with van der Waals surface area (Å²) in [5, 5.41) is 0.871. The van der Waals surface area contributed by atoms with Gasteiger partial charge >= 0.3 is 0 Å². The molecule has 0 spiro atoms. The first kappa shape index (κ1) is 15.8. The van der Waals surface area contributed by atoms with Crippen LogP contribution in [-0.2, 0) is 10.0 Å². The molecular weight excluding hydrogens is 326 g/mol. The van der Waals surface area contributed by atoms with Crippen LogP contribution in [0.15, 0.2) is 0 Å². The molecule has 0 radical (unpaired) electrons. The van der Waals surface area contributed by atoms with E-state index in [1.165, 1.54) is 32.1 Å². The van der Waals surface area contributed by atoms with Crippen molar-refractivity contribution in [3.63, 3.8) is 0 Å². The van der Waals surface area contributed by atoms with E-state index in [2.05, 4.69) is 20.7 Å². The van der Waals surface area contributed by atoms with Crippen LogP contribution in [0.4, 0.5) is 0 Å². The van der Waals surface area contributed by atoms with Crippen molar-refractivity contribution in [1.82, 2.24) is 4.72 Å². The number of nitrogens with one attached hydrogen (secondary N) is 1. The Morgan fingerprint density at radius 3 is 2.11 bits per heavy atom. The van der Waals surface area contributed by atoms with E-state index < -0.39 is 10.0 Å². The van der Waals surface area contributed by atoms with Gasteiger partial charge in [0.05, 0.1) is 5.25 Å². The first-order valence-corrected chi connectivity index (χ1v) is 10.3. The highest BCUT2D eigenvalue weighted by Crippen LogP contribution is 2.31. The van der Waals surface area contributed by atoms with Gasteiger partial charge < -0.3 is 0 Å². The Balaban J connectivity index is 1.85. The van der Waals surface area contributed by atoms with Crippen molar-refractivity contribution >= 4 is 26.0 Å². The van der Waals surface area contributed by atoms with Crippen molar-refractivity contribution in [2.45, 2.75) is 63.0 Å². The molecule has 0 aromatic rings. The molecular formula is C14H26BrNO2S. The summed E-state index contributed by atoms with van der Waals surface area (Å²) in [6.07, 6.45) is 9.98. The van der Waals surface area contributed by atoms with E-state index in [9.17, 15) is 8.42 Å². The third-order valence-electron chi connectivity index (χ3n) is 4.80. The van der Waals surface area contributed by atoms with Crippen LogP contribution in [0.1, 0.15) is 57.8 Å². The number of hydrogen-bond donors (Lipinski definition) is 1. The summed E-state index contributed by atoms with van der Waals surface area (Å²) in [6.45, 7) is 0.648. The van der Waals surface area contributed by atoms with E-state index in [1.54, 1.807) is 0 Å². The van der Waals surface area contributed by atoms with Gasteiger partial charge in [0.25, 0.3) is 0 Å². The minimum atomic E-state index is -3.08. The molecule has 0 amide bonds. The monoisotopic (exact) mass is 351 g/mol. The first-order chi connectivity index (χ1) is 9.13. The topological polar surface area (TPSA) is 46.2 Å². The highest BCUT2D eigenvalue weighted by atomic mass is 79.9. The Morgan fingerprint density at radius 2 is 1.47 bits per heavy atom. The zero-order chi connectivity index (χ0) is 13.7. The molecule has 19 heavy (non-hydrogen) atoms. The van der Waals surface area contributed by atoms with Crippen LogP contribution in [0.5, 0.6) is 0 Å². The predicted octanol–water partition coefficient (Wildman–Crippen LogP) is 3.44. The Hall–Kier alpha value is 0.390. The number of hydrogen-bond acceptors (Lipinski definition) is 2. The Kier molecular flexibility index (Phi) is 6.15. The quantitative estimate of drug-likeness (QED) is 0.771. The van der Waals surface area contributed by atoms with E-state index in [1.807, 2.05) is 0 Å². The average molecular weight is 352 g/mol. The second kappa shape index (κ2) is 7.41. The zero-order valence-electron chi connectivity index (χ0n) is 11.6. The molecule has 0 aromatic carbocycles. The van der Waals surface area contributed by atoms with Gasteiger partial charge in [0.15, 0.2) is 0 Å². The van der Waals surface area contributed by atoms with Gasteiger partial charge in [-0.2, -0.15) is 0 Å². The maximum absolute atomic E-state index is 12.3. The lowest BCUT2D eigenvalue weighted by atomic mass is 9.80. The minimum Gasteiger partial charge on any atom is -0.215 e. The summed E-state index contributed by atoms with van der Waals surface area (Å²) in [7, 11) is -3.08. The van der Waals surface area contributed by atoms with Crippen molar-refractivity contribution in [2.75, 3.05) is 11.9 Å². The van der Waals surface area contributed by atoms with Crippen LogP contribution in [0, 0.1) is 11.8 Å². The van der Waals surface area contributed by atoms with Gasteiger partial charge in [-0.15, -0.1) is 0 Å². The predicted molar refractivity (Wildman–Crippen MR) is 83.0 cm³/mol. The summed E-state index contributed by atoms with van der Waals surface area (Å²) in [6, 6.07) is 0. The van der Waals surface area contributed by atoms with Crippen molar-refractivity contribution < 1.29 is 8.42 Å². The number of halogens is 1. The fraction of sp³-hybridized carbons (Fsp3) is 1.00. The van der Waals surface area contributed by atoms with Gasteiger partial charge in [-0.05, 0) is 37.5 Å². The normalized spacial score (nSPS) is 30.4. The van der Waals surface area contributed by atoms with Gasteiger partial charge in [-0.25, -0.2) is 13.1 Å². The van der Waals surface area contributed by atoms with E-state index in [-0.39, 0.29) is 5.25 Å². The molecule has 2 fully saturated rings. The highest BCUT2D eigenvalue weighted by Gasteiger charge is 2.30. The second-order valence-corrected chi connectivity index (χ2v) is 8.81. The molecule has 3 nitrogen and oxygen atoms in total. The molecule has 0 saturated heterocycles. The second-order valence-electron chi connectivity index (χ2n) is 6.11. The third-order valence-corrected chi connectivity index (χ3v) is 7.55. The van der Waals surface area contributed by atoms with E-state index in [4.69, 9.17) is 0 Å². The summed E-state index contributed by atoms with van der Waals surface area (Å²) in [5.74, 6) is 1.16. The van der Waals surface area contributed by atoms with Crippen molar-refractivity contribution in [2.24, 2.45) is 11.8 Å². The van der Waals surface area contributed by atoms with E-state index in [0.717, 1.165) is 31.0 Å². The Morgan fingerprint density at radius 1 is 0.895 bits per heavy atom. The van der Waals surface area contributed by atoms with Gasteiger partial charge in [0.2, 0.25) is 10.0 Å². The average Bonchev–Trinajstić information content (AvgIpc) is 2.46. The Labute approximate surface area is 126 Å². The molecule has 0 bridgehead atoms. The molecule has 2 aliphatic rings. The molecule has 2 unspecified atom stereocenters. The maximum atomic E-state index is 12.3. The van der Waals surface area contributed by atoms with Crippen LogP contribution in [0.2, 0.25) is 0 Å². The van der Waals surface area contributed by atoms with E-state index in [0.29, 0.717) is 18.4 Å². The van der Waals surface area contributed by atoms with E-state index >= 15 is 0 Å². The lowest BCUT2D eigenvalue weighted by Gasteiger charge is -2.31. The van der Waals surface area contributed by atoms with Crippen LogP contribution in [0.3, 0.4) is 0 Å². The number of alkyl halides is 1. The summed E-state index contributed by atoms with van der Waals surface area (Å²) in [4.78, 5) is 0. The summed E-state index contributed by atoms with van der Waals surface area (Å²) in [5.41, 5.74) is 0. The van der Waals surface area contributed by atoms with Gasteiger partial charge in [0.1, 0.15) is 0 Å².